The molecule has 0 unspecified atom stereocenters. The summed E-state index contributed by atoms with van der Waals surface area (Å²) in [5, 5.41) is 0. The van der Waals surface area contributed by atoms with E-state index in [2.05, 4.69) is 26.1 Å². The second-order valence-corrected chi connectivity index (χ2v) is 4.59. The van der Waals surface area contributed by atoms with Crippen molar-refractivity contribution in [3.63, 3.8) is 0 Å². The van der Waals surface area contributed by atoms with Crippen molar-refractivity contribution in [2.45, 2.75) is 6.92 Å². The van der Waals surface area contributed by atoms with Crippen LogP contribution in [0.15, 0.2) is 24.5 Å². The molecular formula is C12H21N3O2. The molecule has 0 aliphatic rings. The predicted octanol–water partition coefficient (Wildman–Crippen LogP) is 2.02. The minimum atomic E-state index is -0.201. The second kappa shape index (κ2) is 7.62. The first kappa shape index (κ1) is 15.4. The Kier molecular flexibility index (Phi) is 6.89. The maximum absolute atomic E-state index is 10.3. The average molecular weight is 239 g/mol. The van der Waals surface area contributed by atoms with Crippen LogP contribution in [0.4, 0.5) is 5.69 Å². The van der Waals surface area contributed by atoms with Crippen LogP contribution in [0.1, 0.15) is 6.92 Å². The van der Waals surface area contributed by atoms with Gasteiger partial charge in [0, 0.05) is 19.3 Å². The van der Waals surface area contributed by atoms with Crippen molar-refractivity contribution in [2.75, 3.05) is 34.3 Å². The number of quaternary nitrogens is 1. The Morgan fingerprint density at radius 1 is 1.35 bits per heavy atom. The van der Waals surface area contributed by atoms with Crippen molar-refractivity contribution in [3.05, 3.63) is 30.3 Å². The predicted molar refractivity (Wildman–Crippen MR) is 67.8 cm³/mol. The van der Waals surface area contributed by atoms with Crippen LogP contribution in [0.25, 0.3) is 5.73 Å². The number of esters is 1. The molecule has 0 radical (unpaired) electrons. The van der Waals surface area contributed by atoms with Crippen LogP contribution < -0.4 is 0 Å². The van der Waals surface area contributed by atoms with Crippen LogP contribution in [0.2, 0.25) is 0 Å². The molecule has 1 aromatic heterocycles. The van der Waals surface area contributed by atoms with Gasteiger partial charge in [-0.05, 0) is 0 Å². The first-order valence-corrected chi connectivity index (χ1v) is 5.37. The van der Waals surface area contributed by atoms with Crippen LogP contribution >= 0.6 is 0 Å². The molecule has 0 saturated heterocycles. The van der Waals surface area contributed by atoms with E-state index in [0.29, 0.717) is 12.3 Å². The zero-order valence-corrected chi connectivity index (χ0v) is 10.9. The lowest BCUT2D eigenvalue weighted by Gasteiger charge is -2.23. The number of nitrogens with one attached hydrogen (secondary N) is 1. The van der Waals surface area contributed by atoms with Gasteiger partial charge in [0.1, 0.15) is 13.2 Å². The Labute approximate surface area is 103 Å². The number of ether oxygens (including phenoxy) is 1. The van der Waals surface area contributed by atoms with E-state index in [9.17, 15) is 4.79 Å². The highest BCUT2D eigenvalue weighted by atomic mass is 16.5. The fourth-order valence-corrected chi connectivity index (χ4v) is 0.815. The molecule has 1 N–H and O–H groups in total. The van der Waals surface area contributed by atoms with E-state index >= 15 is 0 Å². The van der Waals surface area contributed by atoms with Crippen LogP contribution in [0.3, 0.4) is 0 Å². The average Bonchev–Trinajstić information content (AvgIpc) is 2.17. The first-order chi connectivity index (χ1) is 7.81. The van der Waals surface area contributed by atoms with Crippen molar-refractivity contribution in [1.29, 1.82) is 0 Å². The van der Waals surface area contributed by atoms with E-state index in [4.69, 9.17) is 10.5 Å². The molecule has 0 fully saturated rings. The maximum atomic E-state index is 10.3. The van der Waals surface area contributed by atoms with E-state index < -0.39 is 0 Å². The second-order valence-electron chi connectivity index (χ2n) is 4.59. The van der Waals surface area contributed by atoms with Crippen molar-refractivity contribution < 1.29 is 14.0 Å². The zero-order valence-electron chi connectivity index (χ0n) is 10.9. The third-order valence-electron chi connectivity index (χ3n) is 1.75. The number of rotatable bonds is 3. The lowest BCUT2D eigenvalue weighted by molar-refractivity contribution is -0.870. The van der Waals surface area contributed by atoms with Gasteiger partial charge in [-0.25, -0.2) is 0 Å². The third kappa shape index (κ3) is 12.3. The van der Waals surface area contributed by atoms with E-state index in [1.165, 1.54) is 6.92 Å². The zero-order chi connectivity index (χ0) is 13.3. The number of carbonyl (C=O) groups excluding carboxylic acids is 1. The van der Waals surface area contributed by atoms with Gasteiger partial charge in [0.2, 0.25) is 0 Å². The summed E-state index contributed by atoms with van der Waals surface area (Å²) in [6.07, 6.45) is 3.20. The van der Waals surface area contributed by atoms with Crippen molar-refractivity contribution in [1.82, 2.24) is 4.98 Å². The van der Waals surface area contributed by atoms with Crippen LogP contribution in [0.5, 0.6) is 0 Å². The van der Waals surface area contributed by atoms with E-state index in [0.717, 1.165) is 11.0 Å². The normalized spacial score (nSPS) is 10.1. The highest BCUT2D eigenvalue weighted by Crippen LogP contribution is 2.03. The molecule has 1 aromatic rings. The van der Waals surface area contributed by atoms with Gasteiger partial charge >= 0.3 is 5.97 Å². The highest BCUT2D eigenvalue weighted by molar-refractivity contribution is 5.65. The number of aromatic nitrogens is 1. The molecular weight excluding hydrogens is 218 g/mol. The number of likely N-dealkylation sites (N-methyl/N-ethyl adjacent to an activating group) is 1. The Morgan fingerprint density at radius 2 is 1.88 bits per heavy atom. The molecule has 17 heavy (non-hydrogen) atoms. The first-order valence-electron chi connectivity index (χ1n) is 5.37. The highest BCUT2D eigenvalue weighted by Gasteiger charge is 2.06. The number of carbonyl (C=O) groups is 1. The minimum absolute atomic E-state index is 0.201. The summed E-state index contributed by atoms with van der Waals surface area (Å²) in [7, 11) is 6.18. The Balaban J connectivity index is 0.000000318. The molecule has 1 rings (SSSR count). The van der Waals surface area contributed by atoms with Gasteiger partial charge in [-0.1, -0.05) is 12.1 Å². The Bertz CT molecular complexity index is 320. The van der Waals surface area contributed by atoms with Gasteiger partial charge in [-0.15, -0.1) is 5.69 Å². The fraction of sp³-hybridized carbons (Fsp3) is 0.500. The summed E-state index contributed by atoms with van der Waals surface area (Å²) in [6, 6.07) is 3.28. The summed E-state index contributed by atoms with van der Waals surface area (Å²) in [6.45, 7) is 2.80. The lowest BCUT2D eigenvalue weighted by Crippen LogP contribution is -2.37. The fourth-order valence-electron chi connectivity index (χ4n) is 0.815. The molecule has 0 spiro atoms. The van der Waals surface area contributed by atoms with Crippen molar-refractivity contribution in [3.8, 4) is 0 Å². The van der Waals surface area contributed by atoms with Crippen molar-refractivity contribution in [2.24, 2.45) is 0 Å². The Morgan fingerprint density at radius 3 is 2.18 bits per heavy atom. The smallest absolute Gasteiger partial charge is 0.302 e. The van der Waals surface area contributed by atoms with Gasteiger partial charge in [0.05, 0.1) is 21.1 Å². The number of hydrogen-bond donors (Lipinski definition) is 0. The summed E-state index contributed by atoms with van der Waals surface area (Å²) in [5.74, 6) is -0.201. The van der Waals surface area contributed by atoms with Crippen molar-refractivity contribution >= 4 is 11.7 Å². The van der Waals surface area contributed by atoms with E-state index in [1.807, 2.05) is 0 Å². The maximum Gasteiger partial charge on any atom is 0.302 e. The summed E-state index contributed by atoms with van der Waals surface area (Å²) in [5.41, 5.74) is 7.46. The monoisotopic (exact) mass is 239 g/mol. The quantitative estimate of drug-likeness (QED) is 0.599. The molecule has 0 aromatic carbocycles. The molecule has 0 aliphatic heterocycles. The molecule has 1 heterocycles. The summed E-state index contributed by atoms with van der Waals surface area (Å²) >= 11 is 0. The van der Waals surface area contributed by atoms with Gasteiger partial charge in [-0.2, -0.15) is 0 Å². The molecule has 0 bridgehead atoms. The van der Waals surface area contributed by atoms with Crippen LogP contribution in [0, 0.1) is 0 Å². The molecule has 5 nitrogen and oxygen atoms in total. The van der Waals surface area contributed by atoms with Crippen LogP contribution in [-0.4, -0.2) is 49.7 Å². The van der Waals surface area contributed by atoms with E-state index in [1.54, 1.807) is 24.5 Å². The topological polar surface area (TPSA) is 63.0 Å². The van der Waals surface area contributed by atoms with Crippen LogP contribution in [-0.2, 0) is 9.53 Å². The molecule has 5 heteroatoms. The minimum Gasteiger partial charge on any atom is -0.699 e. The third-order valence-corrected chi connectivity index (χ3v) is 1.75. The molecule has 0 aliphatic carbocycles. The number of hydrogen-bond acceptors (Lipinski definition) is 3. The molecule has 0 saturated carbocycles. The van der Waals surface area contributed by atoms with Gasteiger partial charge in [0.15, 0.2) is 0 Å². The van der Waals surface area contributed by atoms with Gasteiger partial charge in [0.25, 0.3) is 0 Å². The summed E-state index contributed by atoms with van der Waals surface area (Å²) in [4.78, 5) is 14.0. The molecule has 0 amide bonds. The summed E-state index contributed by atoms with van der Waals surface area (Å²) < 4.78 is 5.59. The van der Waals surface area contributed by atoms with Gasteiger partial charge < -0.3 is 15.0 Å². The SMILES string of the molecule is CC(=O)OCC[N+](C)(C)C.[NH-]c1ccncc1. The Hall–Kier alpha value is -1.62. The molecule has 96 valence electrons. The molecule has 0 atom stereocenters. The van der Waals surface area contributed by atoms with Gasteiger partial charge in [-0.3, -0.25) is 9.78 Å². The largest absolute Gasteiger partial charge is 0.699 e. The number of nitrogens with zero attached hydrogens (tertiary/aromatic N) is 2. The lowest BCUT2D eigenvalue weighted by atomic mass is 10.4. The van der Waals surface area contributed by atoms with E-state index in [-0.39, 0.29) is 5.97 Å². The number of pyridine rings is 1. The standard InChI is InChI=1S/C7H16NO2.C5H5N2/c1-7(9)10-6-5-8(2,3)4;6-5-1-3-7-4-2-5/h5-6H2,1-4H3;1-4H,(H-,6,7)/q+1;-1.